The molecule has 0 fully saturated rings. The van der Waals surface area contributed by atoms with Crippen LogP contribution in [0.3, 0.4) is 0 Å². The first-order valence-electron chi connectivity index (χ1n) is 6.47. The lowest BCUT2D eigenvalue weighted by atomic mass is 9.95. The Kier molecular flexibility index (Phi) is 5.51. The van der Waals surface area contributed by atoms with Crippen molar-refractivity contribution in [1.29, 1.82) is 5.26 Å². The first kappa shape index (κ1) is 14.4. The molecule has 0 amide bonds. The molecule has 1 aromatic carbocycles. The van der Waals surface area contributed by atoms with Gasteiger partial charge in [-0.05, 0) is 25.5 Å². The fraction of sp³-hybridized carbons (Fsp3) is 0.533. The lowest BCUT2D eigenvalue weighted by Gasteiger charge is -2.24. The summed E-state index contributed by atoms with van der Waals surface area (Å²) in [5.41, 5.74) is 0.413. The Labute approximate surface area is 110 Å². The van der Waals surface area contributed by atoms with Crippen LogP contribution in [0.25, 0.3) is 0 Å². The Hall–Kier alpha value is -1.69. The second-order valence-corrected chi connectivity index (χ2v) is 4.76. The highest BCUT2D eigenvalue weighted by Gasteiger charge is 2.22. The number of hydrogen-bond donors (Lipinski definition) is 1. The first-order valence-corrected chi connectivity index (χ1v) is 6.47. The van der Waals surface area contributed by atoms with E-state index in [2.05, 4.69) is 18.3 Å². The third-order valence-corrected chi connectivity index (χ3v) is 3.02. The average molecular weight is 246 g/mol. The van der Waals surface area contributed by atoms with Crippen LogP contribution < -0.4 is 10.1 Å². The maximum atomic E-state index is 9.33. The Morgan fingerprint density at radius 3 is 2.78 bits per heavy atom. The van der Waals surface area contributed by atoms with Gasteiger partial charge in [0.15, 0.2) is 0 Å². The largest absolute Gasteiger partial charge is 0.497 e. The fourth-order valence-corrected chi connectivity index (χ4v) is 1.89. The molecule has 3 nitrogen and oxygen atoms in total. The number of anilines is 1. The lowest BCUT2D eigenvalue weighted by Crippen LogP contribution is -2.32. The first-order chi connectivity index (χ1) is 8.63. The molecule has 0 radical (unpaired) electrons. The van der Waals surface area contributed by atoms with Crippen LogP contribution in [0.1, 0.15) is 39.5 Å². The molecular weight excluding hydrogens is 224 g/mol. The summed E-state index contributed by atoms with van der Waals surface area (Å²) in [6.45, 7) is 4.11. The summed E-state index contributed by atoms with van der Waals surface area (Å²) in [4.78, 5) is 0. The van der Waals surface area contributed by atoms with Crippen molar-refractivity contribution >= 4 is 5.69 Å². The summed E-state index contributed by atoms with van der Waals surface area (Å²) in [6.07, 6.45) is 4.25. The number of benzene rings is 1. The van der Waals surface area contributed by atoms with E-state index in [4.69, 9.17) is 4.74 Å². The molecular formula is C15H22N2O. The monoisotopic (exact) mass is 246 g/mol. The highest BCUT2D eigenvalue weighted by molar-refractivity contribution is 5.51. The van der Waals surface area contributed by atoms with Crippen LogP contribution >= 0.6 is 0 Å². The molecule has 0 saturated carbocycles. The molecule has 98 valence electrons. The topological polar surface area (TPSA) is 45.0 Å². The summed E-state index contributed by atoms with van der Waals surface area (Å²) in [7, 11) is 1.64. The number of nitriles is 1. The molecule has 18 heavy (non-hydrogen) atoms. The third kappa shape index (κ3) is 4.29. The molecule has 1 N–H and O–H groups in total. The number of rotatable bonds is 7. The molecule has 0 saturated heterocycles. The van der Waals surface area contributed by atoms with Crippen molar-refractivity contribution in [2.24, 2.45) is 0 Å². The van der Waals surface area contributed by atoms with E-state index < -0.39 is 5.54 Å². The molecule has 1 unspecified atom stereocenters. The van der Waals surface area contributed by atoms with Crippen molar-refractivity contribution < 1.29 is 4.74 Å². The Bertz CT molecular complexity index is 411. The van der Waals surface area contributed by atoms with Crippen molar-refractivity contribution in [2.45, 2.75) is 45.1 Å². The van der Waals surface area contributed by atoms with Crippen LogP contribution in [0.15, 0.2) is 24.3 Å². The van der Waals surface area contributed by atoms with Crippen molar-refractivity contribution in [1.82, 2.24) is 0 Å². The number of nitrogens with one attached hydrogen (secondary N) is 1. The normalized spacial score (nSPS) is 13.4. The molecule has 0 heterocycles. The van der Waals surface area contributed by atoms with Gasteiger partial charge in [-0.1, -0.05) is 32.3 Å². The summed E-state index contributed by atoms with van der Waals surface area (Å²) in [5.74, 6) is 0.800. The summed E-state index contributed by atoms with van der Waals surface area (Å²) in [6, 6.07) is 10.1. The van der Waals surface area contributed by atoms with Gasteiger partial charge >= 0.3 is 0 Å². The second-order valence-electron chi connectivity index (χ2n) is 4.76. The van der Waals surface area contributed by atoms with Gasteiger partial charge in [0.25, 0.3) is 0 Å². The van der Waals surface area contributed by atoms with Gasteiger partial charge in [0.1, 0.15) is 11.3 Å². The minimum atomic E-state index is -0.512. The molecule has 0 aliphatic heterocycles. The van der Waals surface area contributed by atoms with E-state index in [-0.39, 0.29) is 0 Å². The number of hydrogen-bond acceptors (Lipinski definition) is 3. The van der Waals surface area contributed by atoms with Crippen LogP contribution in [0, 0.1) is 11.3 Å². The van der Waals surface area contributed by atoms with E-state index in [1.807, 2.05) is 31.2 Å². The predicted molar refractivity (Wildman–Crippen MR) is 74.8 cm³/mol. The minimum absolute atomic E-state index is 0.512. The van der Waals surface area contributed by atoms with Gasteiger partial charge in [0, 0.05) is 11.8 Å². The van der Waals surface area contributed by atoms with E-state index in [0.29, 0.717) is 0 Å². The zero-order valence-corrected chi connectivity index (χ0v) is 11.5. The van der Waals surface area contributed by atoms with E-state index in [0.717, 1.165) is 30.7 Å². The van der Waals surface area contributed by atoms with Gasteiger partial charge < -0.3 is 10.1 Å². The number of methoxy groups -OCH3 is 1. The van der Waals surface area contributed by atoms with Crippen LogP contribution in [-0.4, -0.2) is 12.6 Å². The quantitative estimate of drug-likeness (QED) is 0.740. The van der Waals surface area contributed by atoms with Gasteiger partial charge in [-0.3, -0.25) is 0 Å². The van der Waals surface area contributed by atoms with Gasteiger partial charge in [0.2, 0.25) is 0 Å². The van der Waals surface area contributed by atoms with E-state index in [1.165, 1.54) is 6.42 Å². The van der Waals surface area contributed by atoms with Gasteiger partial charge in [-0.25, -0.2) is 0 Å². The fourth-order valence-electron chi connectivity index (χ4n) is 1.89. The zero-order valence-electron chi connectivity index (χ0n) is 11.5. The van der Waals surface area contributed by atoms with Crippen LogP contribution in [0.4, 0.5) is 5.69 Å². The maximum absolute atomic E-state index is 9.33. The molecule has 0 aliphatic carbocycles. The average Bonchev–Trinajstić information content (AvgIpc) is 2.39. The Balaban J connectivity index is 2.69. The number of ether oxygens (including phenoxy) is 1. The highest BCUT2D eigenvalue weighted by atomic mass is 16.5. The smallest absolute Gasteiger partial charge is 0.122 e. The number of unbranched alkanes of at least 4 members (excludes halogenated alkanes) is 2. The Morgan fingerprint density at radius 2 is 2.17 bits per heavy atom. The molecule has 1 rings (SSSR count). The third-order valence-electron chi connectivity index (χ3n) is 3.02. The second kappa shape index (κ2) is 6.90. The summed E-state index contributed by atoms with van der Waals surface area (Å²) >= 11 is 0. The lowest BCUT2D eigenvalue weighted by molar-refractivity contribution is 0.415. The predicted octanol–water partition coefficient (Wildman–Crippen LogP) is 3.97. The van der Waals surface area contributed by atoms with Crippen molar-refractivity contribution in [3.05, 3.63) is 24.3 Å². The van der Waals surface area contributed by atoms with Crippen molar-refractivity contribution in [2.75, 3.05) is 12.4 Å². The molecule has 3 heteroatoms. The molecule has 1 atom stereocenters. The standard InChI is InChI=1S/C15H22N2O/c1-4-5-6-10-15(2,12-16)17-13-8-7-9-14(11-13)18-3/h7-9,11,17H,4-6,10H2,1-3H3. The molecule has 0 spiro atoms. The van der Waals surface area contributed by atoms with Crippen LogP contribution in [-0.2, 0) is 0 Å². The van der Waals surface area contributed by atoms with E-state index >= 15 is 0 Å². The number of nitrogens with zero attached hydrogens (tertiary/aromatic N) is 1. The molecule has 0 aliphatic rings. The van der Waals surface area contributed by atoms with Gasteiger partial charge in [0.05, 0.1) is 13.2 Å². The molecule has 1 aromatic rings. The highest BCUT2D eigenvalue weighted by Crippen LogP contribution is 2.23. The summed E-state index contributed by atoms with van der Waals surface area (Å²) < 4.78 is 5.18. The summed E-state index contributed by atoms with van der Waals surface area (Å²) in [5, 5.41) is 12.6. The van der Waals surface area contributed by atoms with E-state index in [1.54, 1.807) is 7.11 Å². The maximum Gasteiger partial charge on any atom is 0.122 e. The van der Waals surface area contributed by atoms with Gasteiger partial charge in [-0.2, -0.15) is 5.26 Å². The van der Waals surface area contributed by atoms with Crippen LogP contribution in [0.2, 0.25) is 0 Å². The van der Waals surface area contributed by atoms with Crippen molar-refractivity contribution in [3.63, 3.8) is 0 Å². The molecule has 0 aromatic heterocycles. The SMILES string of the molecule is CCCCCC(C)(C#N)Nc1cccc(OC)c1. The van der Waals surface area contributed by atoms with Crippen LogP contribution in [0.5, 0.6) is 5.75 Å². The van der Waals surface area contributed by atoms with Crippen molar-refractivity contribution in [3.8, 4) is 11.8 Å². The Morgan fingerprint density at radius 1 is 1.39 bits per heavy atom. The molecule has 0 bridgehead atoms. The zero-order chi connectivity index (χ0) is 13.4. The van der Waals surface area contributed by atoms with E-state index in [9.17, 15) is 5.26 Å². The van der Waals surface area contributed by atoms with Gasteiger partial charge in [-0.15, -0.1) is 0 Å². The minimum Gasteiger partial charge on any atom is -0.497 e.